The van der Waals surface area contributed by atoms with Crippen molar-refractivity contribution in [2.75, 3.05) is 25.5 Å². The maximum Gasteiger partial charge on any atom is 0.205 e. The molecule has 18 heavy (non-hydrogen) atoms. The number of aromatic nitrogens is 2. The van der Waals surface area contributed by atoms with Gasteiger partial charge in [-0.15, -0.1) is 10.2 Å². The van der Waals surface area contributed by atoms with E-state index in [1.165, 1.54) is 0 Å². The van der Waals surface area contributed by atoms with Crippen molar-refractivity contribution in [1.82, 2.24) is 15.1 Å². The molecule has 0 atom stereocenters. The Labute approximate surface area is 112 Å². The Balaban J connectivity index is 1.72. The number of nitrogens with one attached hydrogen (secondary N) is 1. The van der Waals surface area contributed by atoms with E-state index in [0.717, 1.165) is 49.0 Å². The van der Waals surface area contributed by atoms with Crippen LogP contribution in [0.25, 0.3) is 0 Å². The van der Waals surface area contributed by atoms with Crippen LogP contribution in [-0.2, 0) is 6.54 Å². The van der Waals surface area contributed by atoms with Gasteiger partial charge in [-0.1, -0.05) is 18.3 Å². The van der Waals surface area contributed by atoms with E-state index in [2.05, 4.69) is 34.4 Å². The van der Waals surface area contributed by atoms with Gasteiger partial charge in [-0.05, 0) is 32.2 Å². The second kappa shape index (κ2) is 6.45. The molecule has 0 aliphatic heterocycles. The molecule has 1 saturated carbocycles. The predicted molar refractivity (Wildman–Crippen MR) is 73.8 cm³/mol. The number of rotatable bonds is 7. The molecule has 0 aromatic carbocycles. The molecular formula is C12H22N4OS. The van der Waals surface area contributed by atoms with E-state index < -0.39 is 0 Å². The molecule has 0 amide bonds. The first-order chi connectivity index (χ1) is 8.67. The van der Waals surface area contributed by atoms with Crippen molar-refractivity contribution in [1.29, 1.82) is 0 Å². The van der Waals surface area contributed by atoms with Crippen LogP contribution in [-0.4, -0.2) is 46.4 Å². The molecule has 1 heterocycles. The molecule has 102 valence electrons. The summed E-state index contributed by atoms with van der Waals surface area (Å²) in [6.07, 6.45) is 2.93. The lowest BCUT2D eigenvalue weighted by Gasteiger charge is -2.34. The minimum atomic E-state index is -0.0604. The van der Waals surface area contributed by atoms with E-state index in [0.29, 0.717) is 5.92 Å². The van der Waals surface area contributed by atoms with Crippen molar-refractivity contribution in [3.63, 3.8) is 0 Å². The van der Waals surface area contributed by atoms with Crippen LogP contribution in [0.3, 0.4) is 0 Å². The van der Waals surface area contributed by atoms with Crippen molar-refractivity contribution >= 4 is 16.5 Å². The van der Waals surface area contributed by atoms with E-state index in [1.54, 1.807) is 11.3 Å². The quantitative estimate of drug-likeness (QED) is 0.787. The fourth-order valence-electron chi connectivity index (χ4n) is 2.21. The van der Waals surface area contributed by atoms with Crippen molar-refractivity contribution < 1.29 is 5.11 Å². The summed E-state index contributed by atoms with van der Waals surface area (Å²) in [4.78, 5) is 2.26. The second-order valence-electron chi connectivity index (χ2n) is 5.12. The van der Waals surface area contributed by atoms with Crippen LogP contribution < -0.4 is 5.32 Å². The van der Waals surface area contributed by atoms with Crippen LogP contribution in [0.4, 0.5) is 5.13 Å². The van der Waals surface area contributed by atoms with Gasteiger partial charge in [-0.2, -0.15) is 0 Å². The highest BCUT2D eigenvalue weighted by atomic mass is 32.1. The molecule has 1 aromatic rings. The van der Waals surface area contributed by atoms with E-state index in [-0.39, 0.29) is 6.10 Å². The number of anilines is 1. The molecule has 1 fully saturated rings. The first-order valence-corrected chi connectivity index (χ1v) is 7.42. The Morgan fingerprint density at radius 1 is 1.44 bits per heavy atom. The Hall–Kier alpha value is -0.720. The lowest BCUT2D eigenvalue weighted by molar-refractivity contribution is 0.0273. The normalized spacial score (nSPS) is 23.1. The molecule has 1 aliphatic carbocycles. The first kappa shape index (κ1) is 13.7. The number of aliphatic hydroxyl groups excluding tert-OH is 1. The number of aliphatic hydroxyl groups is 1. The van der Waals surface area contributed by atoms with Gasteiger partial charge < -0.3 is 10.4 Å². The van der Waals surface area contributed by atoms with Crippen molar-refractivity contribution in [2.45, 2.75) is 38.8 Å². The molecule has 2 N–H and O–H groups in total. The third kappa shape index (κ3) is 3.90. The van der Waals surface area contributed by atoms with Gasteiger partial charge in [0.25, 0.3) is 0 Å². The average molecular weight is 270 g/mol. The summed E-state index contributed by atoms with van der Waals surface area (Å²) in [6.45, 7) is 4.96. The highest BCUT2D eigenvalue weighted by Gasteiger charge is 2.27. The molecule has 0 bridgehead atoms. The molecule has 5 nitrogen and oxygen atoms in total. The molecule has 6 heteroatoms. The van der Waals surface area contributed by atoms with E-state index in [1.807, 2.05) is 0 Å². The van der Waals surface area contributed by atoms with Crippen LogP contribution in [0.15, 0.2) is 0 Å². The van der Waals surface area contributed by atoms with Crippen LogP contribution in [0.1, 0.15) is 31.2 Å². The molecule has 1 aromatic heterocycles. The number of hydrogen-bond donors (Lipinski definition) is 2. The molecule has 0 unspecified atom stereocenters. The second-order valence-corrected chi connectivity index (χ2v) is 6.18. The lowest BCUT2D eigenvalue weighted by atomic mass is 9.82. The third-order valence-corrected chi connectivity index (χ3v) is 4.04. The van der Waals surface area contributed by atoms with Gasteiger partial charge in [0.1, 0.15) is 5.01 Å². The summed E-state index contributed by atoms with van der Waals surface area (Å²) < 4.78 is 0. The minimum absolute atomic E-state index is 0.0604. The SMILES string of the molecule is CCCNc1nnc(CN(C)CC2CC(O)C2)s1. The fraction of sp³-hybridized carbons (Fsp3) is 0.833. The zero-order valence-corrected chi connectivity index (χ0v) is 11.9. The van der Waals surface area contributed by atoms with Crippen molar-refractivity contribution in [3.05, 3.63) is 5.01 Å². The Kier molecular flexibility index (Phi) is 4.91. The lowest BCUT2D eigenvalue weighted by Crippen LogP contribution is -2.36. The van der Waals surface area contributed by atoms with Gasteiger partial charge >= 0.3 is 0 Å². The molecule has 0 saturated heterocycles. The number of hydrogen-bond acceptors (Lipinski definition) is 6. The standard InChI is InChI=1S/C12H22N4OS/c1-3-4-13-12-15-14-11(18-12)8-16(2)7-9-5-10(17)6-9/h9-10,17H,3-8H2,1-2H3,(H,13,15). The Bertz CT molecular complexity index is 365. The monoisotopic (exact) mass is 270 g/mol. The maximum atomic E-state index is 9.26. The van der Waals surface area contributed by atoms with Gasteiger partial charge in [0, 0.05) is 13.1 Å². The fourth-order valence-corrected chi connectivity index (χ4v) is 3.05. The molecule has 0 spiro atoms. The van der Waals surface area contributed by atoms with Gasteiger partial charge in [-0.25, -0.2) is 0 Å². The average Bonchev–Trinajstić information content (AvgIpc) is 2.72. The summed E-state index contributed by atoms with van der Waals surface area (Å²) in [7, 11) is 2.10. The van der Waals surface area contributed by atoms with Gasteiger partial charge in [-0.3, -0.25) is 4.90 Å². The van der Waals surface area contributed by atoms with Crippen LogP contribution in [0.2, 0.25) is 0 Å². The predicted octanol–water partition coefficient (Wildman–Crippen LogP) is 1.56. The third-order valence-electron chi connectivity index (χ3n) is 3.18. The highest BCUT2D eigenvalue weighted by molar-refractivity contribution is 7.15. The topological polar surface area (TPSA) is 61.3 Å². The van der Waals surface area contributed by atoms with Crippen molar-refractivity contribution in [3.8, 4) is 0 Å². The zero-order valence-electron chi connectivity index (χ0n) is 11.1. The molecule has 2 rings (SSSR count). The summed E-state index contributed by atoms with van der Waals surface area (Å²) in [6, 6.07) is 0. The van der Waals surface area contributed by atoms with Crippen LogP contribution in [0.5, 0.6) is 0 Å². The maximum absolute atomic E-state index is 9.26. The highest BCUT2D eigenvalue weighted by Crippen LogP contribution is 2.28. The molecular weight excluding hydrogens is 248 g/mol. The van der Waals surface area contributed by atoms with Gasteiger partial charge in [0.05, 0.1) is 12.6 Å². The largest absolute Gasteiger partial charge is 0.393 e. The first-order valence-electron chi connectivity index (χ1n) is 6.60. The summed E-state index contributed by atoms with van der Waals surface area (Å²) in [5.41, 5.74) is 0. The van der Waals surface area contributed by atoms with E-state index >= 15 is 0 Å². The van der Waals surface area contributed by atoms with Crippen molar-refractivity contribution in [2.24, 2.45) is 5.92 Å². The zero-order chi connectivity index (χ0) is 13.0. The minimum Gasteiger partial charge on any atom is -0.393 e. The smallest absolute Gasteiger partial charge is 0.205 e. The summed E-state index contributed by atoms with van der Waals surface area (Å²) in [5.74, 6) is 0.649. The van der Waals surface area contributed by atoms with Crippen LogP contribution >= 0.6 is 11.3 Å². The van der Waals surface area contributed by atoms with Gasteiger partial charge in [0.15, 0.2) is 0 Å². The van der Waals surface area contributed by atoms with E-state index in [9.17, 15) is 5.11 Å². The summed E-state index contributed by atoms with van der Waals surface area (Å²) in [5, 5.41) is 22.8. The molecule has 0 radical (unpaired) electrons. The molecule has 1 aliphatic rings. The Morgan fingerprint density at radius 2 is 2.22 bits per heavy atom. The summed E-state index contributed by atoms with van der Waals surface area (Å²) >= 11 is 1.63. The van der Waals surface area contributed by atoms with Gasteiger partial charge in [0.2, 0.25) is 5.13 Å². The van der Waals surface area contributed by atoms with E-state index in [4.69, 9.17) is 0 Å². The van der Waals surface area contributed by atoms with Crippen LogP contribution in [0, 0.1) is 5.92 Å². The number of nitrogens with zero attached hydrogens (tertiary/aromatic N) is 3. The Morgan fingerprint density at radius 3 is 2.89 bits per heavy atom.